The molecule has 0 bridgehead atoms. The predicted molar refractivity (Wildman–Crippen MR) is 255 cm³/mol. The lowest BCUT2D eigenvalue weighted by molar-refractivity contribution is -0.117. The Hall–Kier alpha value is -2.95. The van der Waals surface area contributed by atoms with Crippen LogP contribution in [0.1, 0.15) is 87.2 Å². The van der Waals surface area contributed by atoms with E-state index in [4.69, 9.17) is 19.6 Å². The Morgan fingerprint density at radius 3 is 2.03 bits per heavy atom. The number of hydrogen-bond acceptors (Lipinski definition) is 11. The van der Waals surface area contributed by atoms with Gasteiger partial charge in [0.05, 0.1) is 19.8 Å². The Bertz CT molecular complexity index is 1730. The van der Waals surface area contributed by atoms with Crippen molar-refractivity contribution in [2.75, 3.05) is 84.6 Å². The number of primary amides is 1. The van der Waals surface area contributed by atoms with Gasteiger partial charge < -0.3 is 34.2 Å². The van der Waals surface area contributed by atoms with Crippen molar-refractivity contribution < 1.29 is 45.8 Å². The van der Waals surface area contributed by atoms with Crippen molar-refractivity contribution >= 4 is 67.6 Å². The number of fused-ring (bicyclic) bond motifs is 1. The molecule has 3 aromatic rings. The highest BCUT2D eigenvalue weighted by Crippen LogP contribution is 2.60. The summed E-state index contributed by atoms with van der Waals surface area (Å²) in [5.41, 5.74) is 2.84. The summed E-state index contributed by atoms with van der Waals surface area (Å²) in [6.07, 6.45) is 4.24. The van der Waals surface area contributed by atoms with E-state index in [1.54, 1.807) is 50.8 Å². The Morgan fingerprint density at radius 1 is 0.937 bits per heavy atom. The van der Waals surface area contributed by atoms with Gasteiger partial charge in [0, 0.05) is 41.0 Å². The van der Waals surface area contributed by atoms with Gasteiger partial charge in [-0.05, 0) is 113 Å². The largest absolute Gasteiger partial charge is 0.366 e. The number of piperidine rings is 1. The molecule has 2 N–H and O–H groups in total. The van der Waals surface area contributed by atoms with Crippen LogP contribution in [0.15, 0.2) is 66.7 Å². The summed E-state index contributed by atoms with van der Waals surface area (Å²) in [5, 5.41) is 1.12. The molecular formula is C46H69F4N4O6PS2. The van der Waals surface area contributed by atoms with Crippen LogP contribution >= 0.6 is 32.8 Å². The number of likely N-dealkylation sites (tertiary alicyclic amines) is 2. The Balaban J connectivity index is 0.000000502. The van der Waals surface area contributed by atoms with Gasteiger partial charge in [-0.15, -0.1) is 0 Å². The second-order valence-corrected chi connectivity index (χ2v) is 19.1. The lowest BCUT2D eigenvalue weighted by Crippen LogP contribution is -2.29. The fourth-order valence-corrected chi connectivity index (χ4v) is 8.64. The van der Waals surface area contributed by atoms with E-state index in [0.717, 1.165) is 24.0 Å². The first-order valence-corrected chi connectivity index (χ1v) is 23.9. The highest BCUT2D eigenvalue weighted by atomic mass is 32.2. The second-order valence-electron chi connectivity index (χ2n) is 16.0. The fraction of sp³-hybridized carbons (Fsp3) is 0.565. The van der Waals surface area contributed by atoms with Crippen molar-refractivity contribution in [3.63, 3.8) is 0 Å². The van der Waals surface area contributed by atoms with Crippen LogP contribution in [0.4, 0.5) is 17.6 Å². The number of hydrogen-bond donors (Lipinski definition) is 2. The SMILES string of the molecule is C=O.CC(C)(C)C(=O)SCCOP(OCCS)C(F)(F)c1ccc2ccc(C(N)=O)cc2c1.CCN(CCC=O)CC(F)F.CN1CCC(c2ccccc2)CC1.CN1CCCC1. The third-order valence-electron chi connectivity index (χ3n) is 9.86. The number of rotatable bonds is 17. The standard InChI is InChI=1S/C21H26F2NO4PS2.C12H17N.C7H13F2NO.C5H11N.CH2O/c1-20(2,3)19(26)31-11-9-28-29(27-8-10-30)21(22,23)17-7-6-14-4-5-15(18(24)25)12-16(14)13-17;1-13-9-7-12(8-10-13)11-5-3-2-4-6-11;1-2-10(4-3-5-11)6-7(8)9;1-6-4-2-3-5-6;1-2/h4-7,12-13,30H,8-11H2,1-3H3,(H2,24,25);2-6,12H,7-10H2,1H3;5,7H,2-4,6H2,1H3;2-5H2,1H3;1H2. The molecule has 354 valence electrons. The van der Waals surface area contributed by atoms with Gasteiger partial charge in [-0.3, -0.25) is 14.5 Å². The number of amides is 1. The molecular weight excluding hydrogens is 876 g/mol. The number of halogens is 4. The molecule has 1 atom stereocenters. The molecule has 2 aliphatic heterocycles. The summed E-state index contributed by atoms with van der Waals surface area (Å²) in [6.45, 7) is 15.0. The van der Waals surface area contributed by atoms with Gasteiger partial charge in [-0.1, -0.05) is 88.0 Å². The molecule has 2 fully saturated rings. The lowest BCUT2D eigenvalue weighted by Gasteiger charge is -2.29. The molecule has 2 aliphatic rings. The zero-order chi connectivity index (χ0) is 47.4. The Kier molecular flexibility index (Phi) is 29.3. The molecule has 10 nitrogen and oxygen atoms in total. The summed E-state index contributed by atoms with van der Waals surface area (Å²) in [5.74, 6) is 0.672. The molecule has 1 unspecified atom stereocenters. The monoisotopic (exact) mass is 944 g/mol. The maximum Gasteiger partial charge on any atom is 0.339 e. The lowest BCUT2D eigenvalue weighted by atomic mass is 9.90. The average Bonchev–Trinajstić information content (AvgIpc) is 3.76. The van der Waals surface area contributed by atoms with Crippen molar-refractivity contribution in [3.05, 3.63) is 83.4 Å². The molecule has 0 saturated carbocycles. The van der Waals surface area contributed by atoms with E-state index >= 15 is 8.78 Å². The number of nitrogens with zero attached hydrogens (tertiary/aromatic N) is 3. The molecule has 63 heavy (non-hydrogen) atoms. The second kappa shape index (κ2) is 31.8. The summed E-state index contributed by atoms with van der Waals surface area (Å²) in [4.78, 5) is 47.6. The normalized spacial score (nSPS) is 15.2. The first-order valence-electron chi connectivity index (χ1n) is 21.1. The molecule has 0 radical (unpaired) electrons. The van der Waals surface area contributed by atoms with Crippen LogP contribution in [-0.2, 0) is 29.1 Å². The summed E-state index contributed by atoms with van der Waals surface area (Å²) >= 11 is 5.07. The molecule has 5 rings (SSSR count). The first-order chi connectivity index (χ1) is 29.9. The highest BCUT2D eigenvalue weighted by Gasteiger charge is 2.45. The molecule has 0 aliphatic carbocycles. The average molecular weight is 945 g/mol. The predicted octanol–water partition coefficient (Wildman–Crippen LogP) is 9.75. The number of carbonyl (C=O) groups is 4. The molecule has 3 aromatic carbocycles. The van der Waals surface area contributed by atoms with E-state index in [1.165, 1.54) is 75.6 Å². The molecule has 0 spiro atoms. The smallest absolute Gasteiger partial charge is 0.339 e. The number of benzene rings is 3. The molecule has 2 heterocycles. The minimum atomic E-state index is -3.41. The van der Waals surface area contributed by atoms with Crippen molar-refractivity contribution in [2.24, 2.45) is 11.1 Å². The van der Waals surface area contributed by atoms with Gasteiger partial charge in [-0.2, -0.15) is 21.4 Å². The van der Waals surface area contributed by atoms with Crippen LogP contribution in [0.2, 0.25) is 0 Å². The maximum absolute atomic E-state index is 15.3. The quantitative estimate of drug-likeness (QED) is 0.0445. The first kappa shape index (κ1) is 58.1. The number of thioether (sulfide) groups is 1. The third kappa shape index (κ3) is 23.2. The van der Waals surface area contributed by atoms with E-state index in [9.17, 15) is 23.2 Å². The Labute approximate surface area is 383 Å². The van der Waals surface area contributed by atoms with Crippen LogP contribution in [0.25, 0.3) is 10.8 Å². The summed E-state index contributed by atoms with van der Waals surface area (Å²) < 4.78 is 64.8. The highest BCUT2D eigenvalue weighted by molar-refractivity contribution is 8.13. The minimum absolute atomic E-state index is 0.00211. The van der Waals surface area contributed by atoms with Crippen LogP contribution in [0.5, 0.6) is 0 Å². The number of alkyl halides is 4. The van der Waals surface area contributed by atoms with Crippen molar-refractivity contribution in [1.82, 2.24) is 14.7 Å². The molecule has 2 saturated heterocycles. The van der Waals surface area contributed by atoms with Gasteiger partial charge in [0.15, 0.2) is 5.12 Å². The van der Waals surface area contributed by atoms with E-state index < -0.39 is 31.8 Å². The van der Waals surface area contributed by atoms with E-state index in [0.29, 0.717) is 30.3 Å². The van der Waals surface area contributed by atoms with Crippen LogP contribution in [0, 0.1) is 5.41 Å². The topological polar surface area (TPSA) is 122 Å². The van der Waals surface area contributed by atoms with Gasteiger partial charge in [0.25, 0.3) is 14.8 Å². The van der Waals surface area contributed by atoms with E-state index in [-0.39, 0.29) is 47.5 Å². The third-order valence-corrected chi connectivity index (χ3v) is 12.8. The number of aldehydes is 1. The zero-order valence-corrected chi connectivity index (χ0v) is 40.4. The van der Waals surface area contributed by atoms with Gasteiger partial charge >= 0.3 is 5.66 Å². The molecule has 17 heteroatoms. The maximum atomic E-state index is 15.3. The van der Waals surface area contributed by atoms with E-state index in [2.05, 4.69) is 66.9 Å². The fourth-order valence-electron chi connectivity index (χ4n) is 6.24. The van der Waals surface area contributed by atoms with Gasteiger partial charge in [-0.25, -0.2) is 8.78 Å². The van der Waals surface area contributed by atoms with Crippen molar-refractivity contribution in [3.8, 4) is 0 Å². The van der Waals surface area contributed by atoms with Gasteiger partial charge in [0.1, 0.15) is 13.1 Å². The van der Waals surface area contributed by atoms with Gasteiger partial charge in [0.2, 0.25) is 5.91 Å². The molecule has 1 amide bonds. The van der Waals surface area contributed by atoms with Crippen molar-refractivity contribution in [2.45, 2.75) is 77.8 Å². The van der Waals surface area contributed by atoms with Crippen LogP contribution in [0.3, 0.4) is 0 Å². The number of nitrogens with two attached hydrogens (primary N) is 1. The summed E-state index contributed by atoms with van der Waals surface area (Å²) in [6, 6.07) is 19.8. The van der Waals surface area contributed by atoms with Crippen LogP contribution < -0.4 is 5.73 Å². The molecule has 0 aromatic heterocycles. The Morgan fingerprint density at radius 2 is 1.52 bits per heavy atom. The van der Waals surface area contributed by atoms with Crippen molar-refractivity contribution in [1.29, 1.82) is 0 Å². The number of thiol groups is 1. The summed E-state index contributed by atoms with van der Waals surface area (Å²) in [7, 11) is 1.76. The zero-order valence-electron chi connectivity index (χ0n) is 37.8. The minimum Gasteiger partial charge on any atom is -0.366 e. The van der Waals surface area contributed by atoms with E-state index in [1.807, 2.05) is 6.79 Å². The number of carbonyl (C=O) groups excluding carboxylic acids is 4. The van der Waals surface area contributed by atoms with Crippen LogP contribution in [-0.4, -0.2) is 130 Å².